The van der Waals surface area contributed by atoms with Crippen LogP contribution in [0.25, 0.3) is 22.2 Å². The molecule has 9 nitrogen and oxygen atoms in total. The van der Waals surface area contributed by atoms with Gasteiger partial charge in [-0.25, -0.2) is 9.50 Å². The van der Waals surface area contributed by atoms with E-state index in [2.05, 4.69) is 56.3 Å². The van der Waals surface area contributed by atoms with Crippen LogP contribution in [0.5, 0.6) is 0 Å². The van der Waals surface area contributed by atoms with Gasteiger partial charge >= 0.3 is 0 Å². The van der Waals surface area contributed by atoms with Crippen LogP contribution in [-0.4, -0.2) is 81.5 Å². The molecule has 9 heteroatoms. The zero-order valence-corrected chi connectivity index (χ0v) is 23.6. The third kappa shape index (κ3) is 4.86. The molecule has 5 aliphatic rings. The number of fused-ring (bicyclic) bond motifs is 3. The monoisotopic (exact) mass is 549 g/mol. The highest BCUT2D eigenvalue weighted by Crippen LogP contribution is 2.38. The maximum Gasteiger partial charge on any atom is 0.151 e. The molecule has 8 rings (SSSR count). The average Bonchev–Trinajstić information content (AvgIpc) is 3.43. The van der Waals surface area contributed by atoms with E-state index in [4.69, 9.17) is 9.72 Å². The van der Waals surface area contributed by atoms with Gasteiger partial charge in [0.05, 0.1) is 22.9 Å². The van der Waals surface area contributed by atoms with Gasteiger partial charge in [0.15, 0.2) is 6.23 Å². The van der Waals surface area contributed by atoms with Crippen LogP contribution in [0.15, 0.2) is 59.5 Å². The normalized spacial score (nSPS) is 27.8. The summed E-state index contributed by atoms with van der Waals surface area (Å²) in [5.41, 5.74) is 6.13. The number of allylic oxidation sites excluding steroid dienone is 1. The molecule has 3 aromatic heterocycles. The molecule has 41 heavy (non-hydrogen) atoms. The third-order valence-corrected chi connectivity index (χ3v) is 9.18. The van der Waals surface area contributed by atoms with Crippen LogP contribution in [0.1, 0.15) is 50.2 Å². The number of aliphatic imine (C=N–C) groups is 1. The molecule has 0 aromatic carbocycles. The SMILES string of the molecule is COC1CC=C(CN2C3CC2CN(c2ccc(-c4cc(C5=CCC(C)(O)CC5)cn5ncc(C#N)c45)cn2)C3)C=N1. The van der Waals surface area contributed by atoms with Crippen molar-refractivity contribution in [1.82, 2.24) is 19.5 Å². The van der Waals surface area contributed by atoms with Gasteiger partial charge in [-0.1, -0.05) is 12.2 Å². The lowest BCUT2D eigenvalue weighted by Crippen LogP contribution is -2.69. The second kappa shape index (κ2) is 10.2. The van der Waals surface area contributed by atoms with Crippen molar-refractivity contribution in [2.24, 2.45) is 4.99 Å². The molecule has 0 radical (unpaired) electrons. The summed E-state index contributed by atoms with van der Waals surface area (Å²) in [7, 11) is 1.71. The van der Waals surface area contributed by atoms with E-state index in [0.717, 1.165) is 66.9 Å². The second-order valence-electron chi connectivity index (χ2n) is 12.0. The van der Waals surface area contributed by atoms with Crippen LogP contribution >= 0.6 is 0 Å². The Balaban J connectivity index is 1.10. The predicted octanol–water partition coefficient (Wildman–Crippen LogP) is 4.22. The maximum atomic E-state index is 10.4. The van der Waals surface area contributed by atoms with Gasteiger partial charge in [0.25, 0.3) is 0 Å². The van der Waals surface area contributed by atoms with E-state index in [-0.39, 0.29) is 6.23 Å². The summed E-state index contributed by atoms with van der Waals surface area (Å²) in [6, 6.07) is 9.71. The standard InChI is InChI=1S/C32H35N7O2/c1-32(40)9-7-22(8-10-32)24-11-28(31-25(13-33)16-36-39(31)18-24)23-4-5-29(34-15-23)37-19-26-12-27(20-37)38(26)17-21-3-6-30(41-2)35-14-21/h3-5,7,11,14-16,18,26-27,30,40H,6,8-10,12,17,19-20H2,1-2H3. The lowest BCUT2D eigenvalue weighted by atomic mass is 9.84. The number of piperazine rings is 1. The number of pyridine rings is 2. The van der Waals surface area contributed by atoms with Gasteiger partial charge in [-0.05, 0) is 67.5 Å². The number of dihydropyridines is 1. The molecule has 7 heterocycles. The molecule has 3 aromatic rings. The van der Waals surface area contributed by atoms with Crippen molar-refractivity contribution >= 4 is 23.1 Å². The van der Waals surface area contributed by atoms with Crippen molar-refractivity contribution in [2.45, 2.75) is 62.9 Å². The van der Waals surface area contributed by atoms with Crippen LogP contribution in [-0.2, 0) is 4.74 Å². The number of rotatable bonds is 6. The lowest BCUT2D eigenvalue weighted by molar-refractivity contribution is 0.00904. The Hall–Kier alpha value is -3.84. The first-order valence-corrected chi connectivity index (χ1v) is 14.5. The number of aliphatic hydroxyl groups is 1. The Kier molecular flexibility index (Phi) is 6.50. The number of hydrogen-bond acceptors (Lipinski definition) is 8. The van der Waals surface area contributed by atoms with Crippen LogP contribution in [0.3, 0.4) is 0 Å². The lowest BCUT2D eigenvalue weighted by Gasteiger charge is -2.57. The number of methoxy groups -OCH3 is 1. The Morgan fingerprint density at radius 2 is 2.02 bits per heavy atom. The average molecular weight is 550 g/mol. The fourth-order valence-electron chi connectivity index (χ4n) is 6.70. The highest BCUT2D eigenvalue weighted by atomic mass is 16.5. The first-order valence-electron chi connectivity index (χ1n) is 14.5. The molecular weight excluding hydrogens is 514 g/mol. The third-order valence-electron chi connectivity index (χ3n) is 9.18. The molecule has 1 aliphatic carbocycles. The van der Waals surface area contributed by atoms with E-state index < -0.39 is 5.60 Å². The number of ether oxygens (including phenoxy) is 1. The van der Waals surface area contributed by atoms with Gasteiger partial charge in [0, 0.05) is 75.0 Å². The summed E-state index contributed by atoms with van der Waals surface area (Å²) in [5.74, 6) is 0.989. The van der Waals surface area contributed by atoms with E-state index in [0.29, 0.717) is 24.1 Å². The summed E-state index contributed by atoms with van der Waals surface area (Å²) < 4.78 is 7.13. The molecule has 2 bridgehead atoms. The zero-order chi connectivity index (χ0) is 28.1. The second-order valence-corrected chi connectivity index (χ2v) is 12.0. The van der Waals surface area contributed by atoms with Crippen molar-refractivity contribution < 1.29 is 9.84 Å². The van der Waals surface area contributed by atoms with Gasteiger partial charge in [0.1, 0.15) is 11.9 Å². The van der Waals surface area contributed by atoms with Gasteiger partial charge < -0.3 is 14.7 Å². The molecule has 1 N–H and O–H groups in total. The molecule has 0 saturated carbocycles. The summed E-state index contributed by atoms with van der Waals surface area (Å²) in [6.45, 7) is 4.76. The van der Waals surface area contributed by atoms with Gasteiger partial charge in [0.2, 0.25) is 0 Å². The molecule has 0 spiro atoms. The fourth-order valence-corrected chi connectivity index (χ4v) is 6.70. The molecule has 3 saturated heterocycles. The van der Waals surface area contributed by atoms with E-state index in [1.54, 1.807) is 17.8 Å². The highest BCUT2D eigenvalue weighted by Gasteiger charge is 2.44. The number of aromatic nitrogens is 3. The minimum absolute atomic E-state index is 0.0415. The largest absolute Gasteiger partial charge is 0.390 e. The van der Waals surface area contributed by atoms with E-state index in [1.165, 1.54) is 17.6 Å². The first-order chi connectivity index (χ1) is 19.9. The Morgan fingerprint density at radius 1 is 1.17 bits per heavy atom. The number of anilines is 1. The summed E-state index contributed by atoms with van der Waals surface area (Å²) in [4.78, 5) is 14.4. The maximum absolute atomic E-state index is 10.4. The van der Waals surface area contributed by atoms with Crippen molar-refractivity contribution in [3.63, 3.8) is 0 Å². The zero-order valence-electron chi connectivity index (χ0n) is 23.6. The van der Waals surface area contributed by atoms with E-state index in [1.807, 2.05) is 25.5 Å². The molecule has 4 atom stereocenters. The Labute approximate surface area is 240 Å². The van der Waals surface area contributed by atoms with Crippen LogP contribution in [0.2, 0.25) is 0 Å². The molecular formula is C32H35N7O2. The van der Waals surface area contributed by atoms with Gasteiger partial charge in [-0.15, -0.1) is 0 Å². The number of piperidine rings is 1. The predicted molar refractivity (Wildman–Crippen MR) is 159 cm³/mol. The van der Waals surface area contributed by atoms with Crippen LogP contribution in [0.4, 0.5) is 5.82 Å². The Morgan fingerprint density at radius 3 is 2.68 bits per heavy atom. The molecule has 210 valence electrons. The first kappa shape index (κ1) is 26.1. The minimum atomic E-state index is -0.656. The Bertz CT molecular complexity index is 1600. The van der Waals surface area contributed by atoms with Crippen molar-refractivity contribution in [2.75, 3.05) is 31.6 Å². The molecule has 4 unspecified atom stereocenters. The van der Waals surface area contributed by atoms with Gasteiger partial charge in [-0.3, -0.25) is 9.89 Å². The smallest absolute Gasteiger partial charge is 0.151 e. The highest BCUT2D eigenvalue weighted by molar-refractivity contribution is 5.87. The summed E-state index contributed by atoms with van der Waals surface area (Å²) in [6.07, 6.45) is 16.1. The number of nitrogens with zero attached hydrogens (tertiary/aromatic N) is 7. The van der Waals surface area contributed by atoms with Crippen LogP contribution in [0, 0.1) is 11.3 Å². The van der Waals surface area contributed by atoms with Crippen LogP contribution < -0.4 is 4.90 Å². The number of nitriles is 1. The molecule has 4 aliphatic heterocycles. The quantitative estimate of drug-likeness (QED) is 0.491. The topological polar surface area (TPSA) is 102 Å². The number of hydrogen-bond donors (Lipinski definition) is 1. The van der Waals surface area contributed by atoms with E-state index >= 15 is 0 Å². The molecule has 0 amide bonds. The van der Waals surface area contributed by atoms with E-state index in [9.17, 15) is 10.4 Å². The van der Waals surface area contributed by atoms with Gasteiger partial charge in [-0.2, -0.15) is 10.4 Å². The fraction of sp³-hybridized carbons (Fsp3) is 0.438. The van der Waals surface area contributed by atoms with Crippen molar-refractivity contribution in [3.05, 3.63) is 65.6 Å². The summed E-state index contributed by atoms with van der Waals surface area (Å²) >= 11 is 0. The summed E-state index contributed by atoms with van der Waals surface area (Å²) in [5, 5.41) is 24.7. The van der Waals surface area contributed by atoms with Crippen molar-refractivity contribution in [3.8, 4) is 17.2 Å². The van der Waals surface area contributed by atoms with Crippen molar-refractivity contribution in [1.29, 1.82) is 5.26 Å². The molecule has 3 fully saturated rings. The minimum Gasteiger partial charge on any atom is -0.390 e.